The Morgan fingerprint density at radius 1 is 1.52 bits per heavy atom. The lowest BCUT2D eigenvalue weighted by atomic mass is 10.1. The van der Waals surface area contributed by atoms with Crippen LogP contribution >= 0.6 is 0 Å². The van der Waals surface area contributed by atoms with Crippen molar-refractivity contribution in [2.24, 2.45) is 11.7 Å². The standard InChI is InChI=1S/C13H16F3N3O2/c14-13(15,16)8-21-11-10(2-1-4-18-11)12(20)19-5-3-9(6-17)7-19/h1-2,4,9H,3,5-8,17H2. The molecule has 1 aliphatic rings. The molecule has 1 aromatic heterocycles. The monoisotopic (exact) mass is 303 g/mol. The van der Waals surface area contributed by atoms with Gasteiger partial charge in [0.05, 0.1) is 0 Å². The highest BCUT2D eigenvalue weighted by molar-refractivity contribution is 5.96. The van der Waals surface area contributed by atoms with Gasteiger partial charge in [0.2, 0.25) is 5.88 Å². The van der Waals surface area contributed by atoms with Gasteiger partial charge in [-0.15, -0.1) is 0 Å². The molecule has 2 N–H and O–H groups in total. The average molecular weight is 303 g/mol. The summed E-state index contributed by atoms with van der Waals surface area (Å²) in [6, 6.07) is 2.90. The van der Waals surface area contributed by atoms with E-state index in [0.29, 0.717) is 19.6 Å². The largest absolute Gasteiger partial charge is 0.467 e. The van der Waals surface area contributed by atoms with E-state index < -0.39 is 12.8 Å². The highest BCUT2D eigenvalue weighted by atomic mass is 19.4. The van der Waals surface area contributed by atoms with E-state index in [1.165, 1.54) is 18.3 Å². The zero-order valence-electron chi connectivity index (χ0n) is 11.3. The van der Waals surface area contributed by atoms with E-state index >= 15 is 0 Å². The molecule has 8 heteroatoms. The first kappa shape index (κ1) is 15.6. The number of halogens is 3. The van der Waals surface area contributed by atoms with Crippen LogP contribution < -0.4 is 10.5 Å². The van der Waals surface area contributed by atoms with Crippen molar-refractivity contribution in [3.63, 3.8) is 0 Å². The molecule has 5 nitrogen and oxygen atoms in total. The molecule has 0 bridgehead atoms. The van der Waals surface area contributed by atoms with E-state index in [1.54, 1.807) is 4.90 Å². The number of carbonyl (C=O) groups is 1. The third-order valence-corrected chi connectivity index (χ3v) is 3.28. The van der Waals surface area contributed by atoms with Crippen molar-refractivity contribution in [3.8, 4) is 5.88 Å². The number of aromatic nitrogens is 1. The molecule has 1 atom stereocenters. The Kier molecular flexibility index (Phi) is 4.66. The topological polar surface area (TPSA) is 68.5 Å². The van der Waals surface area contributed by atoms with Crippen molar-refractivity contribution in [3.05, 3.63) is 23.9 Å². The first-order valence-electron chi connectivity index (χ1n) is 6.54. The fraction of sp³-hybridized carbons (Fsp3) is 0.538. The van der Waals surface area contributed by atoms with Gasteiger partial charge in [0.15, 0.2) is 6.61 Å². The fourth-order valence-electron chi connectivity index (χ4n) is 2.20. The summed E-state index contributed by atoms with van der Waals surface area (Å²) in [6.07, 6.45) is -2.40. The van der Waals surface area contributed by atoms with E-state index in [-0.39, 0.29) is 23.3 Å². The summed E-state index contributed by atoms with van der Waals surface area (Å²) < 4.78 is 41.3. The zero-order chi connectivity index (χ0) is 15.5. The summed E-state index contributed by atoms with van der Waals surface area (Å²) in [5, 5.41) is 0. The van der Waals surface area contributed by atoms with Gasteiger partial charge in [-0.1, -0.05) is 0 Å². The fourth-order valence-corrected chi connectivity index (χ4v) is 2.20. The van der Waals surface area contributed by atoms with Gasteiger partial charge in [-0.3, -0.25) is 4.79 Å². The lowest BCUT2D eigenvalue weighted by molar-refractivity contribution is -0.154. The Labute approximate surface area is 119 Å². The molecule has 0 spiro atoms. The van der Waals surface area contributed by atoms with Crippen LogP contribution in [0.5, 0.6) is 5.88 Å². The summed E-state index contributed by atoms with van der Waals surface area (Å²) >= 11 is 0. The average Bonchev–Trinajstić information content (AvgIpc) is 2.93. The number of amides is 1. The Morgan fingerprint density at radius 3 is 2.90 bits per heavy atom. The quantitative estimate of drug-likeness (QED) is 0.914. The second-order valence-corrected chi connectivity index (χ2v) is 4.90. The minimum atomic E-state index is -4.48. The minimum absolute atomic E-state index is 0.0411. The number of rotatable bonds is 4. The third kappa shape index (κ3) is 4.07. The summed E-state index contributed by atoms with van der Waals surface area (Å²) in [5.41, 5.74) is 5.60. The van der Waals surface area contributed by atoms with Crippen molar-refractivity contribution < 1.29 is 22.7 Å². The van der Waals surface area contributed by atoms with Crippen LogP contribution in [0.15, 0.2) is 18.3 Å². The van der Waals surface area contributed by atoms with Crippen LogP contribution in [0.25, 0.3) is 0 Å². The van der Waals surface area contributed by atoms with E-state index in [4.69, 9.17) is 5.73 Å². The SMILES string of the molecule is NCC1CCN(C(=O)c2cccnc2OCC(F)(F)F)C1. The smallest absolute Gasteiger partial charge is 0.422 e. The molecule has 21 heavy (non-hydrogen) atoms. The molecule has 1 fully saturated rings. The number of carbonyl (C=O) groups excluding carboxylic acids is 1. The van der Waals surface area contributed by atoms with E-state index in [1.807, 2.05) is 0 Å². The van der Waals surface area contributed by atoms with Crippen molar-refractivity contribution in [2.75, 3.05) is 26.2 Å². The predicted molar refractivity (Wildman–Crippen MR) is 68.9 cm³/mol. The van der Waals surface area contributed by atoms with Crippen molar-refractivity contribution in [1.29, 1.82) is 0 Å². The van der Waals surface area contributed by atoms with E-state index in [0.717, 1.165) is 6.42 Å². The van der Waals surface area contributed by atoms with Crippen LogP contribution in [0.3, 0.4) is 0 Å². The van der Waals surface area contributed by atoms with Gasteiger partial charge in [-0.05, 0) is 31.0 Å². The highest BCUT2D eigenvalue weighted by Gasteiger charge is 2.31. The highest BCUT2D eigenvalue weighted by Crippen LogP contribution is 2.23. The second kappa shape index (κ2) is 6.30. The number of hydrogen-bond acceptors (Lipinski definition) is 4. The molecular weight excluding hydrogens is 287 g/mol. The number of pyridine rings is 1. The van der Waals surface area contributed by atoms with Gasteiger partial charge in [0, 0.05) is 19.3 Å². The molecule has 1 unspecified atom stereocenters. The van der Waals surface area contributed by atoms with Gasteiger partial charge >= 0.3 is 6.18 Å². The number of nitrogens with zero attached hydrogens (tertiary/aromatic N) is 2. The number of hydrogen-bond donors (Lipinski definition) is 1. The van der Waals surface area contributed by atoms with Gasteiger partial charge in [-0.2, -0.15) is 13.2 Å². The van der Waals surface area contributed by atoms with Crippen LogP contribution in [0.1, 0.15) is 16.8 Å². The molecular formula is C13H16F3N3O2. The first-order valence-corrected chi connectivity index (χ1v) is 6.54. The second-order valence-electron chi connectivity index (χ2n) is 4.90. The van der Waals surface area contributed by atoms with Gasteiger partial charge in [-0.25, -0.2) is 4.98 Å². The van der Waals surface area contributed by atoms with Gasteiger partial charge in [0.1, 0.15) is 5.56 Å². The molecule has 1 saturated heterocycles. The minimum Gasteiger partial charge on any atom is -0.467 e. The molecule has 0 aliphatic carbocycles. The summed E-state index contributed by atoms with van der Waals surface area (Å²) in [6.45, 7) is 0.0429. The molecule has 0 radical (unpaired) electrons. The Hall–Kier alpha value is -1.83. The van der Waals surface area contributed by atoms with E-state index in [9.17, 15) is 18.0 Å². The molecule has 1 amide bonds. The molecule has 2 rings (SSSR count). The Bertz CT molecular complexity index is 508. The number of likely N-dealkylation sites (tertiary alicyclic amines) is 1. The van der Waals surface area contributed by atoms with Crippen molar-refractivity contribution >= 4 is 5.91 Å². The molecule has 1 aliphatic heterocycles. The van der Waals surface area contributed by atoms with Crippen LogP contribution in [0.4, 0.5) is 13.2 Å². The maximum absolute atomic E-state index is 12.3. The summed E-state index contributed by atoms with van der Waals surface area (Å²) in [7, 11) is 0. The van der Waals surface area contributed by atoms with Crippen LogP contribution in [0, 0.1) is 5.92 Å². The Morgan fingerprint density at radius 2 is 2.29 bits per heavy atom. The maximum Gasteiger partial charge on any atom is 0.422 e. The number of ether oxygens (including phenoxy) is 1. The maximum atomic E-state index is 12.3. The lowest BCUT2D eigenvalue weighted by Gasteiger charge is -2.18. The summed E-state index contributed by atoms with van der Waals surface area (Å²) in [5.74, 6) is -0.447. The first-order chi connectivity index (χ1) is 9.90. The Balaban J connectivity index is 2.10. The van der Waals surface area contributed by atoms with Gasteiger partial charge < -0.3 is 15.4 Å². The molecule has 116 valence electrons. The zero-order valence-corrected chi connectivity index (χ0v) is 11.3. The molecule has 2 heterocycles. The molecule has 0 saturated carbocycles. The summed E-state index contributed by atoms with van der Waals surface area (Å²) in [4.78, 5) is 17.6. The third-order valence-electron chi connectivity index (χ3n) is 3.28. The number of nitrogens with two attached hydrogens (primary N) is 1. The number of alkyl halides is 3. The van der Waals surface area contributed by atoms with Crippen LogP contribution in [0.2, 0.25) is 0 Å². The molecule has 1 aromatic rings. The van der Waals surface area contributed by atoms with Crippen molar-refractivity contribution in [1.82, 2.24) is 9.88 Å². The van der Waals surface area contributed by atoms with Crippen LogP contribution in [-0.4, -0.2) is 48.2 Å². The van der Waals surface area contributed by atoms with Gasteiger partial charge in [0.25, 0.3) is 5.91 Å². The van der Waals surface area contributed by atoms with E-state index in [2.05, 4.69) is 9.72 Å². The normalized spacial score (nSPS) is 18.9. The lowest BCUT2D eigenvalue weighted by Crippen LogP contribution is -2.30. The predicted octanol–water partition coefficient (Wildman–Crippen LogP) is 1.44. The molecule has 0 aromatic carbocycles. The van der Waals surface area contributed by atoms with Crippen molar-refractivity contribution in [2.45, 2.75) is 12.6 Å². The van der Waals surface area contributed by atoms with Crippen LogP contribution in [-0.2, 0) is 0 Å².